The molecule has 0 amide bonds. The highest BCUT2D eigenvalue weighted by atomic mass is 32.2. The van der Waals surface area contributed by atoms with Crippen LogP contribution in [0.25, 0.3) is 10.8 Å². The Hall–Kier alpha value is -2.22. The van der Waals surface area contributed by atoms with Gasteiger partial charge in [-0.2, -0.15) is 43.2 Å². The van der Waals surface area contributed by atoms with Crippen LogP contribution in [0.1, 0.15) is 0 Å². The number of hydrogen-bond acceptors (Lipinski definition) is 6. The molecule has 0 bridgehead atoms. The molecule has 0 aliphatic rings. The van der Waals surface area contributed by atoms with E-state index in [-0.39, 0.29) is 10.8 Å². The maximum absolute atomic E-state index is 12.3. The normalized spacial score (nSPS) is 13.6. The standard InChI is InChI=1S/C12H6F6O6S2/c13-11(14,15)25(19,20)23-9-3-1-7-5-10(4-2-8(7)6-9)24-26(21,22)12(16,17)18/h1-6H. The number of rotatable bonds is 4. The fourth-order valence-corrected chi connectivity index (χ4v) is 2.56. The molecule has 0 aromatic heterocycles. The summed E-state index contributed by atoms with van der Waals surface area (Å²) in [6.45, 7) is 0. The van der Waals surface area contributed by atoms with Gasteiger partial charge in [0.25, 0.3) is 0 Å². The van der Waals surface area contributed by atoms with E-state index < -0.39 is 42.8 Å². The molecule has 0 radical (unpaired) electrons. The number of hydrogen-bond donors (Lipinski definition) is 0. The van der Waals surface area contributed by atoms with Gasteiger partial charge >= 0.3 is 31.3 Å². The van der Waals surface area contributed by atoms with Crippen molar-refractivity contribution in [2.24, 2.45) is 0 Å². The largest absolute Gasteiger partial charge is 0.534 e. The quantitative estimate of drug-likeness (QED) is 0.425. The van der Waals surface area contributed by atoms with Gasteiger partial charge < -0.3 is 8.37 Å². The Morgan fingerprint density at radius 3 is 1.19 bits per heavy atom. The molecule has 14 heteroatoms. The molecule has 0 N–H and O–H groups in total. The molecule has 0 aliphatic heterocycles. The van der Waals surface area contributed by atoms with Gasteiger partial charge in [-0.15, -0.1) is 0 Å². The van der Waals surface area contributed by atoms with Gasteiger partial charge in [0.15, 0.2) is 0 Å². The van der Waals surface area contributed by atoms with Gasteiger partial charge in [-0.1, -0.05) is 12.1 Å². The minimum Gasteiger partial charge on any atom is -0.376 e. The van der Waals surface area contributed by atoms with Crippen LogP contribution in [0, 0.1) is 0 Å². The summed E-state index contributed by atoms with van der Waals surface area (Å²) in [6, 6.07) is 5.33. The first-order valence-corrected chi connectivity index (χ1v) is 8.99. The third-order valence-corrected chi connectivity index (χ3v) is 4.72. The second-order valence-corrected chi connectivity index (χ2v) is 7.71. The van der Waals surface area contributed by atoms with Gasteiger partial charge in [-0.3, -0.25) is 0 Å². The molecule has 0 aliphatic carbocycles. The van der Waals surface area contributed by atoms with Crippen LogP contribution >= 0.6 is 0 Å². The highest BCUT2D eigenvalue weighted by Crippen LogP contribution is 2.32. The first kappa shape index (κ1) is 20.1. The van der Waals surface area contributed by atoms with E-state index in [1.54, 1.807) is 0 Å². The predicted molar refractivity (Wildman–Crippen MR) is 75.2 cm³/mol. The molecule has 0 fully saturated rings. The maximum Gasteiger partial charge on any atom is 0.534 e. The first-order valence-electron chi connectivity index (χ1n) is 6.18. The van der Waals surface area contributed by atoms with Gasteiger partial charge in [0, 0.05) is 0 Å². The van der Waals surface area contributed by atoms with E-state index in [1.807, 2.05) is 0 Å². The molecule has 0 atom stereocenters. The summed E-state index contributed by atoms with van der Waals surface area (Å²) in [5.41, 5.74) is -11.3. The fourth-order valence-electron chi connectivity index (χ4n) is 1.65. The lowest BCUT2D eigenvalue weighted by atomic mass is 10.1. The lowest BCUT2D eigenvalue weighted by molar-refractivity contribution is -0.0504. The van der Waals surface area contributed by atoms with E-state index in [4.69, 9.17) is 0 Å². The van der Waals surface area contributed by atoms with Crippen molar-refractivity contribution in [2.45, 2.75) is 11.0 Å². The third-order valence-electron chi connectivity index (χ3n) is 2.76. The van der Waals surface area contributed by atoms with Crippen LogP contribution in [0.2, 0.25) is 0 Å². The molecule has 144 valence electrons. The molecule has 0 spiro atoms. The minimum absolute atomic E-state index is 0.0524. The number of alkyl halides is 6. The zero-order valence-corrected chi connectivity index (χ0v) is 13.6. The molecular formula is C12H6F6O6S2. The van der Waals surface area contributed by atoms with Crippen LogP contribution < -0.4 is 8.37 Å². The predicted octanol–water partition coefficient (Wildman–Crippen LogP) is 3.30. The molecule has 2 aromatic rings. The molecular weight excluding hydrogens is 418 g/mol. The average molecular weight is 424 g/mol. The Bertz CT molecular complexity index is 955. The van der Waals surface area contributed by atoms with Crippen LogP contribution in [0.4, 0.5) is 26.3 Å². The van der Waals surface area contributed by atoms with E-state index in [0.29, 0.717) is 0 Å². The SMILES string of the molecule is O=S(=O)(Oc1ccc2cc(OS(=O)(=O)C(F)(F)F)ccc2c1)C(F)(F)F. The van der Waals surface area contributed by atoms with Crippen molar-refractivity contribution in [3.05, 3.63) is 36.4 Å². The van der Waals surface area contributed by atoms with Gasteiger partial charge in [-0.05, 0) is 35.0 Å². The Morgan fingerprint density at radius 2 is 0.923 bits per heavy atom. The fraction of sp³-hybridized carbons (Fsp3) is 0.167. The van der Waals surface area contributed by atoms with Gasteiger partial charge in [0.2, 0.25) is 0 Å². The third kappa shape index (κ3) is 4.12. The maximum atomic E-state index is 12.3. The monoisotopic (exact) mass is 424 g/mol. The van der Waals surface area contributed by atoms with Gasteiger partial charge in [-0.25, -0.2) is 0 Å². The molecule has 0 saturated carbocycles. The lowest BCUT2D eigenvalue weighted by Gasteiger charge is -2.11. The van der Waals surface area contributed by atoms with Crippen LogP contribution in [-0.4, -0.2) is 27.9 Å². The summed E-state index contributed by atoms with van der Waals surface area (Å²) in [4.78, 5) is 0. The molecule has 2 aromatic carbocycles. The summed E-state index contributed by atoms with van der Waals surface area (Å²) in [6.07, 6.45) is 0. The van der Waals surface area contributed by atoms with E-state index in [1.165, 1.54) is 0 Å². The highest BCUT2D eigenvalue weighted by molar-refractivity contribution is 7.88. The summed E-state index contributed by atoms with van der Waals surface area (Å²) in [7, 11) is -11.8. The minimum atomic E-state index is -5.90. The van der Waals surface area contributed by atoms with Gasteiger partial charge in [0.05, 0.1) is 0 Å². The molecule has 26 heavy (non-hydrogen) atoms. The number of halogens is 6. The van der Waals surface area contributed by atoms with Crippen molar-refractivity contribution in [1.82, 2.24) is 0 Å². The van der Waals surface area contributed by atoms with Crippen LogP contribution in [-0.2, 0) is 20.2 Å². The lowest BCUT2D eigenvalue weighted by Crippen LogP contribution is -2.28. The van der Waals surface area contributed by atoms with Crippen LogP contribution in [0.5, 0.6) is 11.5 Å². The molecule has 0 heterocycles. The van der Waals surface area contributed by atoms with Crippen molar-refractivity contribution in [2.75, 3.05) is 0 Å². The summed E-state index contributed by atoms with van der Waals surface area (Å²) in [5, 5.41) is 0.105. The zero-order valence-electron chi connectivity index (χ0n) is 12.0. The Kier molecular flexibility index (Phi) is 4.78. The van der Waals surface area contributed by atoms with Crippen molar-refractivity contribution in [1.29, 1.82) is 0 Å². The molecule has 0 saturated heterocycles. The number of fused-ring (bicyclic) bond motifs is 1. The van der Waals surface area contributed by atoms with E-state index >= 15 is 0 Å². The highest BCUT2D eigenvalue weighted by Gasteiger charge is 2.49. The Balaban J connectivity index is 2.34. The topological polar surface area (TPSA) is 86.7 Å². The first-order chi connectivity index (χ1) is 11.6. The Morgan fingerprint density at radius 1 is 0.615 bits per heavy atom. The summed E-state index contributed by atoms with van der Waals surface area (Å²) < 4.78 is 125. The molecule has 2 rings (SSSR count). The van der Waals surface area contributed by atoms with Crippen LogP contribution in [0.3, 0.4) is 0 Å². The van der Waals surface area contributed by atoms with Gasteiger partial charge in [0.1, 0.15) is 11.5 Å². The summed E-state index contributed by atoms with van der Waals surface area (Å²) in [5.74, 6) is -1.40. The Labute approximate surface area is 142 Å². The second kappa shape index (κ2) is 6.19. The van der Waals surface area contributed by atoms with Crippen molar-refractivity contribution >= 4 is 31.0 Å². The average Bonchev–Trinajstić information content (AvgIpc) is 2.44. The second-order valence-electron chi connectivity index (χ2n) is 4.64. The van der Waals surface area contributed by atoms with E-state index in [9.17, 15) is 43.2 Å². The molecule has 6 nitrogen and oxygen atoms in total. The van der Waals surface area contributed by atoms with E-state index in [0.717, 1.165) is 36.4 Å². The smallest absolute Gasteiger partial charge is 0.376 e. The number of benzene rings is 2. The van der Waals surface area contributed by atoms with Crippen LogP contribution in [0.15, 0.2) is 36.4 Å². The van der Waals surface area contributed by atoms with Crippen molar-refractivity contribution < 1.29 is 51.5 Å². The van der Waals surface area contributed by atoms with Crippen molar-refractivity contribution in [3.8, 4) is 11.5 Å². The molecule has 0 unspecified atom stereocenters. The van der Waals surface area contributed by atoms with Crippen molar-refractivity contribution in [3.63, 3.8) is 0 Å². The van der Waals surface area contributed by atoms with E-state index in [2.05, 4.69) is 8.37 Å². The zero-order chi connectivity index (χ0) is 20.0. The summed E-state index contributed by atoms with van der Waals surface area (Å²) >= 11 is 0.